The Labute approximate surface area is 374 Å². The van der Waals surface area contributed by atoms with Gasteiger partial charge in [0.2, 0.25) is 11.5 Å². The molecule has 2 unspecified atom stereocenters. The van der Waals surface area contributed by atoms with Crippen LogP contribution in [0.5, 0.6) is 34.5 Å². The van der Waals surface area contributed by atoms with Crippen molar-refractivity contribution < 1.29 is 32.8 Å². The molecule has 0 saturated carbocycles. The first-order valence-electron chi connectivity index (χ1n) is 20.4. The highest BCUT2D eigenvalue weighted by Gasteiger charge is 2.42. The molecule has 0 spiro atoms. The average Bonchev–Trinajstić information content (AvgIpc) is 4.21. The molecule has 13 nitrogen and oxygen atoms in total. The molecule has 0 saturated heterocycles. The Morgan fingerprint density at radius 2 is 1.08 bits per heavy atom. The zero-order chi connectivity index (χ0) is 44.3. The molecule has 4 aromatic carbocycles. The number of hydrogen-bond acceptors (Lipinski definition) is 12. The molecule has 64 heavy (non-hydrogen) atoms. The molecule has 0 amide bonds. The van der Waals surface area contributed by atoms with Crippen molar-refractivity contribution >= 4 is 23.5 Å². The summed E-state index contributed by atoms with van der Waals surface area (Å²) in [5, 5.41) is 18.5. The highest BCUT2D eigenvalue weighted by atomic mass is 32.1. The van der Waals surface area contributed by atoms with Crippen LogP contribution in [0, 0.1) is 0 Å². The molecule has 324 valence electrons. The fourth-order valence-corrected chi connectivity index (χ4v) is 9.65. The third kappa shape index (κ3) is 7.05. The summed E-state index contributed by atoms with van der Waals surface area (Å²) in [6, 6.07) is 28.7. The molecular formula is C50H46N6O7S. The molecule has 4 aromatic heterocycles. The maximum Gasteiger partial charge on any atom is 0.203 e. The van der Waals surface area contributed by atoms with Gasteiger partial charge in [-0.1, -0.05) is 97.1 Å². The summed E-state index contributed by atoms with van der Waals surface area (Å²) in [5.74, 6) is 4.31. The maximum atomic E-state index is 5.89. The molecule has 2 aliphatic carbocycles. The Kier molecular flexibility index (Phi) is 11.5. The first-order chi connectivity index (χ1) is 31.4. The summed E-state index contributed by atoms with van der Waals surface area (Å²) in [4.78, 5) is 8.46. The van der Waals surface area contributed by atoms with Gasteiger partial charge in [-0.05, 0) is 23.3 Å². The summed E-state index contributed by atoms with van der Waals surface area (Å²) in [6.45, 7) is 0. The van der Waals surface area contributed by atoms with Crippen LogP contribution in [0.15, 0.2) is 126 Å². The number of fused-ring (bicyclic) bond motifs is 2. The number of thiazole rings is 1. The van der Waals surface area contributed by atoms with E-state index in [0.29, 0.717) is 53.1 Å². The van der Waals surface area contributed by atoms with Gasteiger partial charge in [0, 0.05) is 68.9 Å². The average molecular weight is 875 g/mol. The van der Waals surface area contributed by atoms with Crippen molar-refractivity contribution in [1.29, 1.82) is 0 Å². The number of aromatic amines is 2. The van der Waals surface area contributed by atoms with Gasteiger partial charge in [0.15, 0.2) is 35.2 Å². The fraction of sp³-hybridized carbons (Fsp3) is 0.200. The van der Waals surface area contributed by atoms with E-state index < -0.39 is 10.8 Å². The van der Waals surface area contributed by atoms with Crippen LogP contribution in [-0.2, 0) is 23.7 Å². The van der Waals surface area contributed by atoms with Crippen molar-refractivity contribution in [2.24, 2.45) is 0 Å². The highest BCUT2D eigenvalue weighted by Crippen LogP contribution is 2.52. The van der Waals surface area contributed by atoms with Crippen LogP contribution in [0.4, 0.5) is 0 Å². The van der Waals surface area contributed by atoms with Crippen LogP contribution < -0.4 is 28.4 Å². The van der Waals surface area contributed by atoms with Gasteiger partial charge in [0.1, 0.15) is 16.4 Å². The van der Waals surface area contributed by atoms with Crippen LogP contribution in [0.1, 0.15) is 44.8 Å². The number of methoxy groups -OCH3 is 6. The summed E-state index contributed by atoms with van der Waals surface area (Å²) in [7, 11) is 9.80. The molecule has 4 heterocycles. The van der Waals surface area contributed by atoms with Gasteiger partial charge >= 0.3 is 0 Å². The quantitative estimate of drug-likeness (QED) is 0.121. The second-order valence-corrected chi connectivity index (χ2v) is 16.0. The number of allylic oxidation sites excluding steroid dienone is 2. The molecule has 2 N–H and O–H groups in total. The van der Waals surface area contributed by atoms with Gasteiger partial charge < -0.3 is 32.8 Å². The zero-order valence-corrected chi connectivity index (χ0v) is 37.0. The van der Waals surface area contributed by atoms with Crippen LogP contribution in [-0.4, -0.2) is 73.0 Å². The molecular weight excluding hydrogens is 829 g/mol. The lowest BCUT2D eigenvalue weighted by atomic mass is 9.68. The number of aromatic nitrogens is 6. The predicted octanol–water partition coefficient (Wildman–Crippen LogP) is 9.76. The zero-order valence-electron chi connectivity index (χ0n) is 36.2. The highest BCUT2D eigenvalue weighted by molar-refractivity contribution is 7.13. The Hall–Kier alpha value is -7.58. The van der Waals surface area contributed by atoms with E-state index in [1.54, 1.807) is 66.4 Å². The fourth-order valence-electron chi connectivity index (χ4n) is 9.01. The summed E-state index contributed by atoms with van der Waals surface area (Å²) < 4.78 is 39.6. The first kappa shape index (κ1) is 41.8. The minimum absolute atomic E-state index is 0.480. The van der Waals surface area contributed by atoms with Gasteiger partial charge in [-0.25, -0.2) is 9.97 Å². The van der Waals surface area contributed by atoms with E-state index in [2.05, 4.69) is 97.1 Å². The van der Waals surface area contributed by atoms with Crippen LogP contribution in [0.3, 0.4) is 0 Å². The molecule has 0 bridgehead atoms. The van der Waals surface area contributed by atoms with E-state index in [9.17, 15) is 0 Å². The Bertz CT molecular complexity index is 2730. The first-order valence-corrected chi connectivity index (χ1v) is 21.3. The van der Waals surface area contributed by atoms with Gasteiger partial charge in [-0.15, -0.1) is 11.3 Å². The van der Waals surface area contributed by atoms with Gasteiger partial charge in [0.25, 0.3) is 0 Å². The number of rotatable bonds is 12. The summed E-state index contributed by atoms with van der Waals surface area (Å²) >= 11 is 1.58. The molecule has 0 radical (unpaired) electrons. The molecule has 10 rings (SSSR count). The molecule has 0 aliphatic heterocycles. The van der Waals surface area contributed by atoms with Crippen LogP contribution in [0.25, 0.3) is 34.3 Å². The van der Waals surface area contributed by atoms with Crippen molar-refractivity contribution in [2.75, 3.05) is 42.7 Å². The van der Waals surface area contributed by atoms with Gasteiger partial charge in [-0.3, -0.25) is 10.2 Å². The predicted molar refractivity (Wildman–Crippen MR) is 246 cm³/mol. The third-order valence-electron chi connectivity index (χ3n) is 12.0. The smallest absolute Gasteiger partial charge is 0.203 e. The van der Waals surface area contributed by atoms with E-state index >= 15 is 0 Å². The Morgan fingerprint density at radius 3 is 1.52 bits per heavy atom. The lowest BCUT2D eigenvalue weighted by Gasteiger charge is -2.36. The van der Waals surface area contributed by atoms with Crippen LogP contribution >= 0.6 is 11.3 Å². The maximum absolute atomic E-state index is 5.89. The topological polar surface area (TPSA) is 152 Å². The van der Waals surface area contributed by atoms with Crippen molar-refractivity contribution in [3.8, 4) is 56.7 Å². The minimum atomic E-state index is -0.510. The minimum Gasteiger partial charge on any atom is -0.493 e. The summed E-state index contributed by atoms with van der Waals surface area (Å²) in [5.41, 5.74) is 9.01. The second-order valence-electron chi connectivity index (χ2n) is 15.1. The number of oxazole rings is 1. The number of benzene rings is 4. The molecule has 8 aromatic rings. The number of hydrogen-bond donors (Lipinski definition) is 2. The van der Waals surface area contributed by atoms with Crippen LogP contribution in [0.2, 0.25) is 0 Å². The number of H-pyrrole nitrogens is 2. The number of nitrogens with zero attached hydrogens (tertiary/aromatic N) is 4. The lowest BCUT2D eigenvalue weighted by molar-refractivity contribution is 0.319. The molecule has 0 fully saturated rings. The SMILES string of the molecule is COc1ccc(C2(c3ccccc3)C=Cc3c(-c4cnco4)n[nH]c3C2)c(OC)c1OC.COc1ccc(C2(c3ccccc3)C=Cc3c(-c4nccs4)n[nH]c3C2)c(OC)c1OC. The normalized spacial score (nSPS) is 17.1. The molecule has 2 aliphatic rings. The monoisotopic (exact) mass is 874 g/mol. The third-order valence-corrected chi connectivity index (χ3v) is 12.8. The number of ether oxygens (including phenoxy) is 6. The Balaban J connectivity index is 0.000000162. The standard InChI is InChI=1S/C25H23N3O4.C25H23N3O3S/c1-29-20-10-9-18(23(30-2)24(20)31-3)25(16-7-5-4-6-8-16)12-11-17-19(13-25)27-28-22(17)21-14-26-15-32-21;1-29-20-10-9-18(22(30-2)23(20)31-3)25(16-7-5-4-6-8-16)12-11-17-19(15-25)27-28-21(17)24-26-13-14-32-24/h4-12,14-15H,13H2,1-3H3,(H,27,28);4-14H,15H2,1-3H3,(H,27,28). The summed E-state index contributed by atoms with van der Waals surface area (Å²) in [6.07, 6.45) is 14.9. The van der Waals surface area contributed by atoms with Crippen molar-refractivity contribution in [3.63, 3.8) is 0 Å². The van der Waals surface area contributed by atoms with E-state index in [4.69, 9.17) is 32.8 Å². The van der Waals surface area contributed by atoms with E-state index in [-0.39, 0.29) is 0 Å². The molecule has 2 atom stereocenters. The van der Waals surface area contributed by atoms with E-state index in [0.717, 1.165) is 61.2 Å². The Morgan fingerprint density at radius 1 is 0.578 bits per heavy atom. The largest absolute Gasteiger partial charge is 0.493 e. The van der Waals surface area contributed by atoms with Crippen molar-refractivity contribution in [3.05, 3.63) is 166 Å². The van der Waals surface area contributed by atoms with Gasteiger partial charge in [0.05, 0.1) is 48.9 Å². The van der Waals surface area contributed by atoms with Crippen molar-refractivity contribution in [1.82, 2.24) is 30.4 Å². The van der Waals surface area contributed by atoms with Gasteiger partial charge in [-0.2, -0.15) is 10.2 Å². The van der Waals surface area contributed by atoms with E-state index in [1.807, 2.05) is 47.8 Å². The van der Waals surface area contributed by atoms with Crippen molar-refractivity contribution in [2.45, 2.75) is 23.7 Å². The van der Waals surface area contributed by atoms with E-state index in [1.165, 1.54) is 6.39 Å². The molecule has 14 heteroatoms. The second kappa shape index (κ2) is 17.7. The lowest BCUT2D eigenvalue weighted by Crippen LogP contribution is -2.31. The number of nitrogens with one attached hydrogen (secondary N) is 2.